The van der Waals surface area contributed by atoms with Crippen LogP contribution in [0.1, 0.15) is 44.7 Å². The molecule has 0 spiro atoms. The molecule has 28 heavy (non-hydrogen) atoms. The first-order valence-corrected chi connectivity index (χ1v) is 9.83. The van der Waals surface area contributed by atoms with Gasteiger partial charge in [-0.05, 0) is 43.9 Å². The first-order valence-electron chi connectivity index (χ1n) is 9.83. The number of aromatic nitrogens is 1. The van der Waals surface area contributed by atoms with Gasteiger partial charge in [-0.15, -0.1) is 0 Å². The molecule has 2 heterocycles. The van der Waals surface area contributed by atoms with E-state index in [-0.39, 0.29) is 23.4 Å². The molecule has 1 saturated carbocycles. The Morgan fingerprint density at radius 1 is 1.36 bits per heavy atom. The highest BCUT2D eigenvalue weighted by Gasteiger charge is 2.61. The fourth-order valence-electron chi connectivity index (χ4n) is 5.21. The van der Waals surface area contributed by atoms with Crippen LogP contribution >= 0.6 is 0 Å². The van der Waals surface area contributed by atoms with Gasteiger partial charge in [0.25, 0.3) is 11.9 Å². The number of amides is 1. The number of rotatable bonds is 3. The largest absolute Gasteiger partial charge is 0.423 e. The van der Waals surface area contributed by atoms with Crippen molar-refractivity contribution in [3.05, 3.63) is 23.3 Å². The molecule has 1 saturated heterocycles. The van der Waals surface area contributed by atoms with Crippen LogP contribution < -0.4 is 10.2 Å². The van der Waals surface area contributed by atoms with Crippen LogP contribution in [-0.4, -0.2) is 35.4 Å². The van der Waals surface area contributed by atoms with Gasteiger partial charge < -0.3 is 14.6 Å². The molecule has 1 aromatic heterocycles. The lowest BCUT2D eigenvalue weighted by Gasteiger charge is -2.63. The standard InChI is InChI=1S/C21H27F2N3O2/c1-11-9-12(2)15-14(10-11)24-19(28-15)26-8-6-7-13-16(20(3,4)17(13)26)25-18(27)21(5,22)23/h9-10,13,16-17H,6-8H2,1-5H3,(H,25,27). The molecule has 1 N–H and O–H groups in total. The predicted octanol–water partition coefficient (Wildman–Crippen LogP) is 4.21. The number of oxazole rings is 1. The van der Waals surface area contributed by atoms with E-state index in [0.717, 1.165) is 41.6 Å². The normalized spacial score (nSPS) is 26.7. The molecule has 3 atom stereocenters. The Balaban J connectivity index is 1.63. The molecule has 2 aliphatic rings. The third-order valence-electron chi connectivity index (χ3n) is 6.41. The first-order chi connectivity index (χ1) is 13.0. The number of nitrogens with one attached hydrogen (secondary N) is 1. The second kappa shape index (κ2) is 6.16. The van der Waals surface area contributed by atoms with Gasteiger partial charge in [0, 0.05) is 36.9 Å². The average molecular weight is 391 g/mol. The first kappa shape index (κ1) is 19.2. The summed E-state index contributed by atoms with van der Waals surface area (Å²) in [5.41, 5.74) is 3.44. The topological polar surface area (TPSA) is 58.4 Å². The maximum absolute atomic E-state index is 13.4. The summed E-state index contributed by atoms with van der Waals surface area (Å²) < 4.78 is 32.9. The molecular formula is C21H27F2N3O2. The third-order valence-corrected chi connectivity index (χ3v) is 6.41. The van der Waals surface area contributed by atoms with Crippen molar-refractivity contribution in [2.75, 3.05) is 11.4 Å². The van der Waals surface area contributed by atoms with E-state index in [4.69, 9.17) is 9.40 Å². The van der Waals surface area contributed by atoms with Gasteiger partial charge in [0.1, 0.15) is 5.52 Å². The summed E-state index contributed by atoms with van der Waals surface area (Å²) in [6.07, 6.45) is 1.80. The summed E-state index contributed by atoms with van der Waals surface area (Å²) in [6, 6.07) is 4.46. The quantitative estimate of drug-likeness (QED) is 0.852. The second-order valence-corrected chi connectivity index (χ2v) is 9.03. The van der Waals surface area contributed by atoms with Crippen LogP contribution in [0.25, 0.3) is 11.1 Å². The molecule has 152 valence electrons. The number of nitrogens with zero attached hydrogens (tertiary/aromatic N) is 2. The SMILES string of the molecule is Cc1cc(C)c2oc(N3CCCC4C(NC(=O)C(C)(F)F)C(C)(C)C43)nc2c1. The number of carbonyl (C=O) groups is 1. The van der Waals surface area contributed by atoms with Crippen molar-refractivity contribution in [2.45, 2.75) is 65.5 Å². The fraction of sp³-hybridized carbons (Fsp3) is 0.619. The van der Waals surface area contributed by atoms with Crippen molar-refractivity contribution in [1.82, 2.24) is 10.3 Å². The Bertz CT molecular complexity index is 932. The molecule has 2 aromatic rings. The van der Waals surface area contributed by atoms with E-state index in [1.807, 2.05) is 33.8 Å². The van der Waals surface area contributed by atoms with Crippen LogP contribution in [0, 0.1) is 25.2 Å². The van der Waals surface area contributed by atoms with E-state index < -0.39 is 11.8 Å². The van der Waals surface area contributed by atoms with Crippen molar-refractivity contribution in [3.63, 3.8) is 0 Å². The number of carbonyl (C=O) groups excluding carboxylic acids is 1. The van der Waals surface area contributed by atoms with Gasteiger partial charge in [-0.1, -0.05) is 19.9 Å². The molecule has 7 heteroatoms. The van der Waals surface area contributed by atoms with Crippen molar-refractivity contribution in [1.29, 1.82) is 0 Å². The lowest BCUT2D eigenvalue weighted by Crippen LogP contribution is -2.75. The van der Waals surface area contributed by atoms with Crippen molar-refractivity contribution in [2.24, 2.45) is 11.3 Å². The minimum Gasteiger partial charge on any atom is -0.423 e. The molecule has 4 rings (SSSR count). The zero-order valence-electron chi connectivity index (χ0n) is 17.0. The Labute approximate surface area is 163 Å². The van der Waals surface area contributed by atoms with Crippen LogP contribution in [0.4, 0.5) is 14.8 Å². The van der Waals surface area contributed by atoms with Crippen LogP contribution in [0.2, 0.25) is 0 Å². The lowest BCUT2D eigenvalue weighted by molar-refractivity contribution is -0.149. The molecule has 3 unspecified atom stereocenters. The summed E-state index contributed by atoms with van der Waals surface area (Å²) >= 11 is 0. The van der Waals surface area contributed by atoms with Crippen molar-refractivity contribution in [3.8, 4) is 0 Å². The zero-order valence-corrected chi connectivity index (χ0v) is 17.0. The summed E-state index contributed by atoms with van der Waals surface area (Å²) in [5, 5.41) is 2.59. The van der Waals surface area contributed by atoms with Crippen molar-refractivity contribution >= 4 is 23.0 Å². The summed E-state index contributed by atoms with van der Waals surface area (Å²) in [5.74, 6) is -4.47. The maximum atomic E-state index is 13.4. The smallest absolute Gasteiger partial charge is 0.321 e. The van der Waals surface area contributed by atoms with E-state index in [1.54, 1.807) is 0 Å². The molecule has 0 radical (unpaired) electrons. The molecule has 1 aliphatic heterocycles. The van der Waals surface area contributed by atoms with Gasteiger partial charge in [0.15, 0.2) is 5.58 Å². The van der Waals surface area contributed by atoms with E-state index in [2.05, 4.69) is 16.3 Å². The molecule has 2 fully saturated rings. The van der Waals surface area contributed by atoms with Crippen molar-refractivity contribution < 1.29 is 18.0 Å². The van der Waals surface area contributed by atoms with Gasteiger partial charge in [0.2, 0.25) is 0 Å². The summed E-state index contributed by atoms with van der Waals surface area (Å²) in [4.78, 5) is 18.7. The molecular weight excluding hydrogens is 364 g/mol. The average Bonchev–Trinajstić information content (AvgIpc) is 3.02. The molecule has 1 amide bonds. The Hall–Kier alpha value is -2.18. The summed E-state index contributed by atoms with van der Waals surface area (Å²) in [7, 11) is 0. The monoisotopic (exact) mass is 391 g/mol. The highest BCUT2D eigenvalue weighted by Crippen LogP contribution is 2.53. The van der Waals surface area contributed by atoms with Crippen LogP contribution in [0.3, 0.4) is 0 Å². The minimum atomic E-state index is -3.37. The van der Waals surface area contributed by atoms with Crippen LogP contribution in [-0.2, 0) is 4.79 Å². The van der Waals surface area contributed by atoms with E-state index in [1.165, 1.54) is 0 Å². The second-order valence-electron chi connectivity index (χ2n) is 9.03. The number of anilines is 1. The lowest BCUT2D eigenvalue weighted by atomic mass is 9.52. The predicted molar refractivity (Wildman–Crippen MR) is 104 cm³/mol. The van der Waals surface area contributed by atoms with E-state index in [0.29, 0.717) is 12.9 Å². The molecule has 0 bridgehead atoms. The molecule has 1 aliphatic carbocycles. The number of fused-ring (bicyclic) bond motifs is 2. The highest BCUT2D eigenvalue weighted by molar-refractivity contribution is 5.83. The van der Waals surface area contributed by atoms with Gasteiger partial charge in [-0.25, -0.2) is 0 Å². The third kappa shape index (κ3) is 2.86. The maximum Gasteiger partial charge on any atom is 0.321 e. The van der Waals surface area contributed by atoms with E-state index in [9.17, 15) is 13.6 Å². The van der Waals surface area contributed by atoms with E-state index >= 15 is 0 Å². The Kier molecular flexibility index (Phi) is 4.21. The number of aryl methyl sites for hydroxylation is 2. The number of piperidine rings is 1. The van der Waals surface area contributed by atoms with Gasteiger partial charge in [0.05, 0.1) is 0 Å². The summed E-state index contributed by atoms with van der Waals surface area (Å²) in [6.45, 7) is 9.52. The Morgan fingerprint density at radius 3 is 2.75 bits per heavy atom. The number of hydrogen-bond donors (Lipinski definition) is 1. The number of halogens is 2. The number of alkyl halides is 2. The van der Waals surface area contributed by atoms with Crippen LogP contribution in [0.15, 0.2) is 16.5 Å². The van der Waals surface area contributed by atoms with Gasteiger partial charge in [-0.3, -0.25) is 4.79 Å². The zero-order chi connectivity index (χ0) is 20.4. The van der Waals surface area contributed by atoms with Gasteiger partial charge >= 0.3 is 5.92 Å². The van der Waals surface area contributed by atoms with Crippen LogP contribution in [0.5, 0.6) is 0 Å². The van der Waals surface area contributed by atoms with Gasteiger partial charge in [-0.2, -0.15) is 13.8 Å². The number of benzene rings is 1. The molecule has 5 nitrogen and oxygen atoms in total. The fourth-order valence-corrected chi connectivity index (χ4v) is 5.21. The minimum absolute atomic E-state index is 0.0893. The number of hydrogen-bond acceptors (Lipinski definition) is 4. The highest BCUT2D eigenvalue weighted by atomic mass is 19.3. The Morgan fingerprint density at radius 2 is 2.07 bits per heavy atom. The molecule has 1 aromatic carbocycles.